The molecule has 5 heteroatoms. The lowest BCUT2D eigenvalue weighted by atomic mass is 10.2. The third-order valence-electron chi connectivity index (χ3n) is 1.65. The van der Waals surface area contributed by atoms with Crippen molar-refractivity contribution in [1.82, 2.24) is 4.98 Å². The second-order valence-electron chi connectivity index (χ2n) is 2.64. The lowest BCUT2D eigenvalue weighted by Gasteiger charge is -2.00. The molecular formula is C9H12INO2S. The Kier molecular flexibility index (Phi) is 5.39. The molecule has 0 N–H and O–H groups in total. The van der Waals surface area contributed by atoms with Gasteiger partial charge in [-0.3, -0.25) is 0 Å². The Morgan fingerprint density at radius 2 is 2.50 bits per heavy atom. The van der Waals surface area contributed by atoms with Crippen molar-refractivity contribution < 1.29 is 9.53 Å². The third kappa shape index (κ3) is 3.20. The number of ether oxygens (including phenoxy) is 1. The highest BCUT2D eigenvalue weighted by Crippen LogP contribution is 2.16. The molecule has 0 aliphatic heterocycles. The van der Waals surface area contributed by atoms with E-state index in [0.29, 0.717) is 12.3 Å². The molecule has 0 aromatic carbocycles. The number of hydrogen-bond acceptors (Lipinski definition) is 4. The molecule has 1 aromatic rings. The maximum Gasteiger partial charge on any atom is 0.358 e. The highest BCUT2D eigenvalue weighted by Gasteiger charge is 2.14. The summed E-state index contributed by atoms with van der Waals surface area (Å²) in [4.78, 5) is 16.5. The summed E-state index contributed by atoms with van der Waals surface area (Å²) in [5, 5.41) is 0. The van der Waals surface area contributed by atoms with Crippen molar-refractivity contribution in [3.05, 3.63) is 16.1 Å². The molecule has 1 heterocycles. The molecule has 1 rings (SSSR count). The fourth-order valence-electron chi connectivity index (χ4n) is 1.04. The number of carbonyl (C=O) groups excluding carboxylic acids is 1. The zero-order valence-electron chi connectivity index (χ0n) is 7.96. The van der Waals surface area contributed by atoms with E-state index in [1.807, 2.05) is 0 Å². The number of halogens is 1. The molecule has 1 aromatic heterocycles. The first-order chi connectivity index (χ1) is 6.79. The predicted octanol–water partition coefficient (Wildman–Crippen LogP) is 2.69. The first-order valence-corrected chi connectivity index (χ1v) is 6.85. The molecule has 78 valence electrons. The number of alkyl halides is 1. The molecule has 0 saturated heterocycles. The number of nitrogens with zero attached hydrogens (tertiary/aromatic N) is 1. The van der Waals surface area contributed by atoms with Gasteiger partial charge in [-0.05, 0) is 24.2 Å². The molecule has 0 spiro atoms. The highest BCUT2D eigenvalue weighted by molar-refractivity contribution is 14.1. The van der Waals surface area contributed by atoms with Crippen molar-refractivity contribution in [2.45, 2.75) is 19.8 Å². The Morgan fingerprint density at radius 1 is 1.71 bits per heavy atom. The van der Waals surface area contributed by atoms with E-state index < -0.39 is 0 Å². The monoisotopic (exact) mass is 325 g/mol. The van der Waals surface area contributed by atoms with Crippen LogP contribution < -0.4 is 0 Å². The second-order valence-corrected chi connectivity index (χ2v) is 4.66. The molecule has 0 atom stereocenters. The topological polar surface area (TPSA) is 39.2 Å². The summed E-state index contributed by atoms with van der Waals surface area (Å²) in [5.41, 5.74) is 2.20. The number of esters is 1. The number of rotatable bonds is 5. The van der Waals surface area contributed by atoms with Crippen molar-refractivity contribution in [3.8, 4) is 0 Å². The summed E-state index contributed by atoms with van der Waals surface area (Å²) < 4.78 is 6.01. The maximum absolute atomic E-state index is 11.4. The quantitative estimate of drug-likeness (QED) is 0.475. The van der Waals surface area contributed by atoms with E-state index in [-0.39, 0.29) is 5.97 Å². The van der Waals surface area contributed by atoms with Gasteiger partial charge in [0.15, 0.2) is 5.69 Å². The highest BCUT2D eigenvalue weighted by atomic mass is 127. The van der Waals surface area contributed by atoms with Gasteiger partial charge in [0.1, 0.15) is 0 Å². The number of aromatic nitrogens is 1. The first-order valence-electron chi connectivity index (χ1n) is 4.45. The van der Waals surface area contributed by atoms with Crippen LogP contribution in [-0.2, 0) is 11.2 Å². The van der Waals surface area contributed by atoms with Crippen LogP contribution in [0.4, 0.5) is 0 Å². The molecular weight excluding hydrogens is 313 g/mol. The molecule has 3 nitrogen and oxygen atoms in total. The van der Waals surface area contributed by atoms with Crippen LogP contribution in [0.2, 0.25) is 0 Å². The van der Waals surface area contributed by atoms with Crippen LogP contribution in [0.25, 0.3) is 0 Å². The van der Waals surface area contributed by atoms with Gasteiger partial charge in [-0.1, -0.05) is 22.6 Å². The molecule has 0 fully saturated rings. The fraction of sp³-hybridized carbons (Fsp3) is 0.556. The van der Waals surface area contributed by atoms with E-state index in [9.17, 15) is 4.79 Å². The molecule has 14 heavy (non-hydrogen) atoms. The fourth-order valence-corrected chi connectivity index (χ4v) is 2.22. The summed E-state index contributed by atoms with van der Waals surface area (Å²) >= 11 is 3.85. The Bertz CT molecular complexity index is 301. The van der Waals surface area contributed by atoms with E-state index in [1.165, 1.54) is 11.3 Å². The van der Waals surface area contributed by atoms with Crippen molar-refractivity contribution in [3.63, 3.8) is 0 Å². The van der Waals surface area contributed by atoms with Gasteiger partial charge < -0.3 is 4.74 Å². The summed E-state index contributed by atoms with van der Waals surface area (Å²) in [6.45, 7) is 2.21. The summed E-state index contributed by atoms with van der Waals surface area (Å²) in [6, 6.07) is 0. The van der Waals surface area contributed by atoms with Gasteiger partial charge in [-0.25, -0.2) is 9.78 Å². The SMILES string of the molecule is CCOC(=O)c1ncsc1CCCI. The number of carbonyl (C=O) groups is 1. The zero-order valence-corrected chi connectivity index (χ0v) is 10.9. The Hall–Kier alpha value is -0.170. The van der Waals surface area contributed by atoms with Gasteiger partial charge in [0.05, 0.1) is 12.1 Å². The number of hydrogen-bond donors (Lipinski definition) is 0. The average molecular weight is 325 g/mol. The van der Waals surface area contributed by atoms with E-state index in [0.717, 1.165) is 22.1 Å². The standard InChI is InChI=1S/C9H12INO2S/c1-2-13-9(12)8-7(4-3-5-10)14-6-11-8/h6H,2-5H2,1H3. The van der Waals surface area contributed by atoms with Crippen LogP contribution in [0.3, 0.4) is 0 Å². The average Bonchev–Trinajstić information content (AvgIpc) is 2.63. The maximum atomic E-state index is 11.4. The minimum absolute atomic E-state index is 0.294. The zero-order chi connectivity index (χ0) is 10.4. The Labute approximate surface area is 101 Å². The lowest BCUT2D eigenvalue weighted by molar-refractivity contribution is 0.0519. The van der Waals surface area contributed by atoms with E-state index in [4.69, 9.17) is 4.74 Å². The second kappa shape index (κ2) is 6.34. The molecule has 0 unspecified atom stereocenters. The summed E-state index contributed by atoms with van der Waals surface area (Å²) in [5.74, 6) is -0.294. The van der Waals surface area contributed by atoms with Crippen molar-refractivity contribution in [2.24, 2.45) is 0 Å². The van der Waals surface area contributed by atoms with Gasteiger partial charge in [0.2, 0.25) is 0 Å². The van der Waals surface area contributed by atoms with Crippen molar-refractivity contribution in [1.29, 1.82) is 0 Å². The van der Waals surface area contributed by atoms with Gasteiger partial charge >= 0.3 is 5.97 Å². The normalized spacial score (nSPS) is 10.1. The molecule has 0 radical (unpaired) electrons. The van der Waals surface area contributed by atoms with Crippen LogP contribution in [0, 0.1) is 0 Å². The predicted molar refractivity (Wildman–Crippen MR) is 65.3 cm³/mol. The van der Waals surface area contributed by atoms with Gasteiger partial charge in [-0.2, -0.15) is 0 Å². The number of thiazole rings is 1. The lowest BCUT2D eigenvalue weighted by Crippen LogP contribution is -2.07. The molecule has 0 aliphatic carbocycles. The van der Waals surface area contributed by atoms with Gasteiger partial charge in [0.25, 0.3) is 0 Å². The van der Waals surface area contributed by atoms with Crippen LogP contribution in [0.5, 0.6) is 0 Å². The van der Waals surface area contributed by atoms with Gasteiger partial charge in [-0.15, -0.1) is 11.3 Å². The summed E-state index contributed by atoms with van der Waals surface area (Å²) in [6.07, 6.45) is 2.00. The van der Waals surface area contributed by atoms with E-state index in [2.05, 4.69) is 27.6 Å². The molecule has 0 aliphatic rings. The molecule has 0 saturated carbocycles. The van der Waals surface area contributed by atoms with Crippen LogP contribution in [0.15, 0.2) is 5.51 Å². The smallest absolute Gasteiger partial charge is 0.358 e. The molecule has 0 bridgehead atoms. The summed E-state index contributed by atoms with van der Waals surface area (Å²) in [7, 11) is 0. The van der Waals surface area contributed by atoms with Crippen LogP contribution >= 0.6 is 33.9 Å². The van der Waals surface area contributed by atoms with E-state index >= 15 is 0 Å². The van der Waals surface area contributed by atoms with E-state index in [1.54, 1.807) is 12.4 Å². The minimum Gasteiger partial charge on any atom is -0.461 e. The third-order valence-corrected chi connectivity index (χ3v) is 3.30. The number of aryl methyl sites for hydroxylation is 1. The Balaban J connectivity index is 2.66. The first kappa shape index (κ1) is 11.9. The largest absolute Gasteiger partial charge is 0.461 e. The van der Waals surface area contributed by atoms with Crippen molar-refractivity contribution >= 4 is 39.9 Å². The Morgan fingerprint density at radius 3 is 3.14 bits per heavy atom. The van der Waals surface area contributed by atoms with Gasteiger partial charge in [0, 0.05) is 4.88 Å². The van der Waals surface area contributed by atoms with Crippen molar-refractivity contribution in [2.75, 3.05) is 11.0 Å². The minimum atomic E-state index is -0.294. The van der Waals surface area contributed by atoms with Crippen LogP contribution in [-0.4, -0.2) is 22.0 Å². The van der Waals surface area contributed by atoms with Crippen LogP contribution in [0.1, 0.15) is 28.7 Å². The molecule has 0 amide bonds.